The van der Waals surface area contributed by atoms with E-state index in [-0.39, 0.29) is 30.1 Å². The molecule has 1 saturated heterocycles. The first-order chi connectivity index (χ1) is 19.7. The van der Waals surface area contributed by atoms with Crippen molar-refractivity contribution in [2.75, 3.05) is 43.9 Å². The van der Waals surface area contributed by atoms with E-state index in [2.05, 4.69) is 30.5 Å². The maximum atomic E-state index is 14.0. The number of halogens is 4. The third-order valence-corrected chi connectivity index (χ3v) is 7.08. The molecule has 0 saturated carbocycles. The lowest BCUT2D eigenvalue weighted by Crippen LogP contribution is -2.44. The van der Waals surface area contributed by atoms with E-state index in [4.69, 9.17) is 0 Å². The number of carbonyl (C=O) groups excluding carboxylic acids is 1. The van der Waals surface area contributed by atoms with Crippen molar-refractivity contribution in [1.82, 2.24) is 24.8 Å². The lowest BCUT2D eigenvalue weighted by molar-refractivity contribution is -0.138. The van der Waals surface area contributed by atoms with Crippen LogP contribution in [0, 0.1) is 6.92 Å². The minimum atomic E-state index is -4.58. The minimum Gasteiger partial charge on any atom is -0.340 e. The van der Waals surface area contributed by atoms with Gasteiger partial charge in [-0.3, -0.25) is 9.69 Å². The van der Waals surface area contributed by atoms with Crippen LogP contribution in [0.5, 0.6) is 0 Å². The van der Waals surface area contributed by atoms with E-state index < -0.39 is 17.6 Å². The minimum absolute atomic E-state index is 0. The van der Waals surface area contributed by atoms with E-state index in [0.29, 0.717) is 30.3 Å². The van der Waals surface area contributed by atoms with Crippen LogP contribution in [0.2, 0.25) is 0 Å². The molecule has 2 aromatic carbocycles. The zero-order valence-corrected chi connectivity index (χ0v) is 24.0. The highest BCUT2D eigenvalue weighted by molar-refractivity contribution is 6.04. The van der Waals surface area contributed by atoms with Crippen molar-refractivity contribution in [3.8, 4) is 11.1 Å². The predicted molar refractivity (Wildman–Crippen MR) is 159 cm³/mol. The topological polar surface area (TPSA) is 86.3 Å². The molecule has 0 unspecified atom stereocenters. The molecule has 12 heteroatoms. The van der Waals surface area contributed by atoms with Crippen LogP contribution in [0.1, 0.15) is 27.0 Å². The largest absolute Gasteiger partial charge is 0.416 e. The van der Waals surface area contributed by atoms with Crippen LogP contribution >= 0.6 is 12.4 Å². The van der Waals surface area contributed by atoms with Crippen LogP contribution < -0.4 is 10.6 Å². The van der Waals surface area contributed by atoms with Crippen molar-refractivity contribution < 1.29 is 18.0 Å². The first-order valence-corrected chi connectivity index (χ1v) is 13.2. The van der Waals surface area contributed by atoms with Crippen molar-refractivity contribution in [3.63, 3.8) is 0 Å². The number of pyridine rings is 1. The molecule has 42 heavy (non-hydrogen) atoms. The Morgan fingerprint density at radius 1 is 0.952 bits per heavy atom. The average molecular weight is 598 g/mol. The Morgan fingerprint density at radius 3 is 2.40 bits per heavy atom. The Morgan fingerprint density at radius 2 is 1.69 bits per heavy atom. The number of nitrogens with one attached hydrogen (secondary N) is 2. The molecular weight excluding hydrogens is 567 g/mol. The number of aryl methyl sites for hydroxylation is 1. The van der Waals surface area contributed by atoms with Gasteiger partial charge in [-0.25, -0.2) is 15.0 Å². The first kappa shape index (κ1) is 30.9. The van der Waals surface area contributed by atoms with E-state index in [0.717, 1.165) is 35.8 Å². The van der Waals surface area contributed by atoms with Gasteiger partial charge >= 0.3 is 6.18 Å². The van der Waals surface area contributed by atoms with Crippen LogP contribution in [-0.4, -0.2) is 63.9 Å². The molecule has 1 aliphatic rings. The fourth-order valence-corrected chi connectivity index (χ4v) is 4.67. The van der Waals surface area contributed by atoms with Gasteiger partial charge < -0.3 is 15.5 Å². The highest BCUT2D eigenvalue weighted by Crippen LogP contribution is 2.34. The Bertz CT molecular complexity index is 1530. The summed E-state index contributed by atoms with van der Waals surface area (Å²) in [6.07, 6.45) is 1.96. The van der Waals surface area contributed by atoms with Gasteiger partial charge in [0.2, 0.25) is 0 Å². The molecule has 2 N–H and O–H groups in total. The quantitative estimate of drug-likeness (QED) is 0.269. The normalized spacial score (nSPS) is 14.2. The number of hydrogen-bond donors (Lipinski definition) is 2. The lowest BCUT2D eigenvalue weighted by Gasteiger charge is -2.33. The van der Waals surface area contributed by atoms with E-state index in [1.165, 1.54) is 18.5 Å². The molecule has 220 valence electrons. The summed E-state index contributed by atoms with van der Waals surface area (Å²) in [6, 6.07) is 12.7. The second kappa shape index (κ2) is 13.3. The number of rotatable bonds is 7. The highest BCUT2D eigenvalue weighted by Gasteiger charge is 2.34. The number of benzene rings is 2. The summed E-state index contributed by atoms with van der Waals surface area (Å²) >= 11 is 0. The number of likely N-dealkylation sites (N-methyl/N-ethyl adjacent to an activating group) is 1. The smallest absolute Gasteiger partial charge is 0.340 e. The van der Waals surface area contributed by atoms with Gasteiger partial charge in [-0.1, -0.05) is 12.1 Å². The molecule has 0 atom stereocenters. The molecule has 5 rings (SSSR count). The Hall–Kier alpha value is -4.06. The molecule has 2 aromatic heterocycles. The molecule has 3 heterocycles. The van der Waals surface area contributed by atoms with Gasteiger partial charge in [-0.05, 0) is 67.1 Å². The molecular formula is C30H31ClF3N7O. The van der Waals surface area contributed by atoms with Gasteiger partial charge in [0.05, 0.1) is 5.56 Å². The number of piperazine rings is 1. The molecule has 0 aliphatic carbocycles. The van der Waals surface area contributed by atoms with E-state index >= 15 is 0 Å². The van der Waals surface area contributed by atoms with Crippen molar-refractivity contribution in [2.24, 2.45) is 0 Å². The number of alkyl halides is 3. The van der Waals surface area contributed by atoms with E-state index in [1.807, 2.05) is 37.1 Å². The molecule has 1 aliphatic heterocycles. The Labute approximate surface area is 248 Å². The molecule has 0 bridgehead atoms. The zero-order chi connectivity index (χ0) is 29.0. The third-order valence-electron chi connectivity index (χ3n) is 7.08. The van der Waals surface area contributed by atoms with Crippen LogP contribution in [0.25, 0.3) is 11.1 Å². The van der Waals surface area contributed by atoms with Crippen molar-refractivity contribution in [3.05, 3.63) is 95.7 Å². The van der Waals surface area contributed by atoms with Gasteiger partial charge in [-0.2, -0.15) is 13.2 Å². The summed E-state index contributed by atoms with van der Waals surface area (Å²) in [4.78, 5) is 29.7. The van der Waals surface area contributed by atoms with E-state index in [1.54, 1.807) is 30.7 Å². The zero-order valence-electron chi connectivity index (χ0n) is 23.2. The highest BCUT2D eigenvalue weighted by atomic mass is 35.5. The molecule has 4 aromatic rings. The van der Waals surface area contributed by atoms with Crippen molar-refractivity contribution in [1.29, 1.82) is 0 Å². The standard InChI is InChI=1S/C30H30F3N7O.ClH/c1-20-3-6-25(15-27(20)38-28-14-21(7-8-36-28)24-16-34-19-35-17-24)37-29(41)22-4-5-23(26(13-22)30(31,32)33)18-40-11-9-39(2)10-12-40;/h3-8,13-17,19H,9-12,18H2,1-2H3,(H,36,38)(H,37,41);1H. The number of nitrogens with zero attached hydrogens (tertiary/aromatic N) is 5. The second-order valence-corrected chi connectivity index (χ2v) is 10.1. The monoisotopic (exact) mass is 597 g/mol. The first-order valence-electron chi connectivity index (χ1n) is 13.2. The third kappa shape index (κ3) is 7.61. The van der Waals surface area contributed by atoms with Crippen LogP contribution in [-0.2, 0) is 12.7 Å². The number of carbonyl (C=O) groups is 1. The fourth-order valence-electron chi connectivity index (χ4n) is 4.67. The number of aromatic nitrogens is 3. The summed E-state index contributed by atoms with van der Waals surface area (Å²) in [5, 5.41) is 5.99. The summed E-state index contributed by atoms with van der Waals surface area (Å²) < 4.78 is 42.0. The summed E-state index contributed by atoms with van der Waals surface area (Å²) in [7, 11) is 2.00. The second-order valence-electron chi connectivity index (χ2n) is 10.1. The number of anilines is 3. The SMILES string of the molecule is Cc1ccc(NC(=O)c2ccc(CN3CCN(C)CC3)c(C(F)(F)F)c2)cc1Nc1cc(-c2cncnc2)ccn1.Cl. The van der Waals surface area contributed by atoms with Gasteiger partial charge in [0.1, 0.15) is 12.1 Å². The average Bonchev–Trinajstić information content (AvgIpc) is 2.96. The van der Waals surface area contributed by atoms with Gasteiger partial charge in [0.15, 0.2) is 0 Å². The Balaban J connectivity index is 0.00000405. The predicted octanol–water partition coefficient (Wildman–Crippen LogP) is 6.03. The molecule has 0 radical (unpaired) electrons. The summed E-state index contributed by atoms with van der Waals surface area (Å²) in [5.41, 5.74) is 3.05. The summed E-state index contributed by atoms with van der Waals surface area (Å²) in [5.74, 6) is -0.0515. The molecule has 1 fully saturated rings. The van der Waals surface area contributed by atoms with Crippen molar-refractivity contribution in [2.45, 2.75) is 19.6 Å². The van der Waals surface area contributed by atoms with Crippen LogP contribution in [0.15, 0.2) is 73.4 Å². The number of hydrogen-bond acceptors (Lipinski definition) is 7. The molecule has 1 amide bonds. The maximum Gasteiger partial charge on any atom is 0.416 e. The maximum absolute atomic E-state index is 14.0. The van der Waals surface area contributed by atoms with Gasteiger partial charge in [0, 0.05) is 73.8 Å². The van der Waals surface area contributed by atoms with Crippen LogP contribution in [0.4, 0.5) is 30.4 Å². The van der Waals surface area contributed by atoms with E-state index in [9.17, 15) is 18.0 Å². The fraction of sp³-hybridized carbons (Fsp3) is 0.267. The summed E-state index contributed by atoms with van der Waals surface area (Å²) in [6.45, 7) is 5.08. The Kier molecular flexibility index (Phi) is 9.77. The molecule has 8 nitrogen and oxygen atoms in total. The van der Waals surface area contributed by atoms with Gasteiger partial charge in [0.25, 0.3) is 5.91 Å². The molecule has 0 spiro atoms. The van der Waals surface area contributed by atoms with Crippen molar-refractivity contribution >= 4 is 35.5 Å². The number of amides is 1. The lowest BCUT2D eigenvalue weighted by atomic mass is 10.0. The van der Waals surface area contributed by atoms with Gasteiger partial charge in [-0.15, -0.1) is 12.4 Å². The van der Waals surface area contributed by atoms with Crippen LogP contribution in [0.3, 0.4) is 0 Å².